The van der Waals surface area contributed by atoms with Crippen LogP contribution in [0.3, 0.4) is 0 Å². The third-order valence-corrected chi connectivity index (χ3v) is 6.27. The molecule has 0 aliphatic carbocycles. The first kappa shape index (κ1) is 24.0. The number of hydrogen-bond donors (Lipinski definition) is 3. The number of benzene rings is 1. The van der Waals surface area contributed by atoms with Crippen molar-refractivity contribution in [3.63, 3.8) is 0 Å². The van der Waals surface area contributed by atoms with Crippen LogP contribution in [0, 0.1) is 0 Å². The quantitative estimate of drug-likeness (QED) is 0.264. The second-order valence-electron chi connectivity index (χ2n) is 7.80. The number of carbonyl (C=O) groups excluding carboxylic acids is 1. The minimum absolute atomic E-state index is 0.106. The van der Waals surface area contributed by atoms with Gasteiger partial charge in [-0.15, -0.1) is 0 Å². The van der Waals surface area contributed by atoms with Gasteiger partial charge in [0.2, 0.25) is 11.6 Å². The third-order valence-electron chi connectivity index (χ3n) is 4.93. The van der Waals surface area contributed by atoms with Crippen LogP contribution in [0.2, 0.25) is 0 Å². The number of aromatic hydroxyl groups is 1. The number of rotatable bonds is 8. The minimum atomic E-state index is -1.81. The molecule has 0 saturated heterocycles. The molecule has 0 bridgehead atoms. The van der Waals surface area contributed by atoms with Crippen molar-refractivity contribution < 1.29 is 18.9 Å². The van der Waals surface area contributed by atoms with Gasteiger partial charge in [-0.05, 0) is 52.0 Å². The molecule has 1 aromatic carbocycles. The number of halogens is 1. The number of carbonyl (C=O) groups is 1. The molecular weight excluding hydrogens is 498 g/mol. The summed E-state index contributed by atoms with van der Waals surface area (Å²) in [5.41, 5.74) is 1.43. The number of phenolic OH excluding ortho intramolecular Hbond substituents is 1. The molecule has 3 aromatic rings. The number of anilines is 3. The fourth-order valence-electron chi connectivity index (χ4n) is 3.06. The van der Waals surface area contributed by atoms with Gasteiger partial charge in [0.05, 0.1) is 23.6 Å². The van der Waals surface area contributed by atoms with Crippen molar-refractivity contribution in [2.45, 2.75) is 39.2 Å². The lowest BCUT2D eigenvalue weighted by atomic mass is 10.1. The Morgan fingerprint density at radius 3 is 2.59 bits per heavy atom. The van der Waals surface area contributed by atoms with Crippen molar-refractivity contribution in [1.29, 1.82) is 0 Å². The highest BCUT2D eigenvalue weighted by Crippen LogP contribution is 2.38. The summed E-state index contributed by atoms with van der Waals surface area (Å²) in [4.78, 5) is 13.8. The molecule has 11 heteroatoms. The van der Waals surface area contributed by atoms with Crippen LogP contribution in [0.5, 0.6) is 5.75 Å². The topological polar surface area (TPSA) is 127 Å². The van der Waals surface area contributed by atoms with Crippen LogP contribution in [0.25, 0.3) is 0 Å². The van der Waals surface area contributed by atoms with Gasteiger partial charge >= 0.3 is 0 Å². The predicted molar refractivity (Wildman–Crippen MR) is 127 cm³/mol. The number of nitrogens with zero attached hydrogens (tertiary/aromatic N) is 3. The smallest absolute Gasteiger partial charge is 0.258 e. The molecule has 0 fully saturated rings. The average Bonchev–Trinajstić information content (AvgIpc) is 3.35. The van der Waals surface area contributed by atoms with Gasteiger partial charge in [0, 0.05) is 27.3 Å². The van der Waals surface area contributed by atoms with Gasteiger partial charge in [-0.1, -0.05) is 20.8 Å². The zero-order valence-electron chi connectivity index (χ0n) is 18.5. The van der Waals surface area contributed by atoms with Crippen molar-refractivity contribution >= 4 is 50.3 Å². The molecule has 0 radical (unpaired) electrons. The van der Waals surface area contributed by atoms with E-state index < -0.39 is 11.1 Å². The molecule has 2 heterocycles. The first-order valence-corrected chi connectivity index (χ1v) is 11.9. The van der Waals surface area contributed by atoms with E-state index >= 15 is 0 Å². The van der Waals surface area contributed by atoms with E-state index in [2.05, 4.69) is 49.2 Å². The number of furan rings is 1. The summed E-state index contributed by atoms with van der Waals surface area (Å²) >= 11 is 1.49. The molecule has 0 saturated carbocycles. The molecule has 2 aromatic heterocycles. The number of aromatic nitrogens is 2. The van der Waals surface area contributed by atoms with Crippen LogP contribution in [-0.4, -0.2) is 43.3 Å². The lowest BCUT2D eigenvalue weighted by Gasteiger charge is -2.16. The van der Waals surface area contributed by atoms with Gasteiger partial charge in [0.25, 0.3) is 5.91 Å². The van der Waals surface area contributed by atoms with Crippen LogP contribution in [0.4, 0.5) is 17.3 Å². The second-order valence-corrected chi connectivity index (χ2v) is 9.48. The fourth-order valence-corrected chi connectivity index (χ4v) is 4.17. The van der Waals surface area contributed by atoms with E-state index in [9.17, 15) is 14.5 Å². The van der Waals surface area contributed by atoms with E-state index in [0.717, 1.165) is 11.3 Å². The molecule has 3 rings (SSSR count). The number of amides is 1. The van der Waals surface area contributed by atoms with Crippen molar-refractivity contribution in [3.8, 4) is 5.75 Å². The third kappa shape index (κ3) is 5.05. The Labute approximate surface area is 198 Å². The van der Waals surface area contributed by atoms with Gasteiger partial charge in [0.15, 0.2) is 16.9 Å². The summed E-state index contributed by atoms with van der Waals surface area (Å²) < 4.78 is 26.3. The highest BCUT2D eigenvalue weighted by atomic mass is 79.9. The van der Waals surface area contributed by atoms with E-state index in [4.69, 9.17) is 4.42 Å². The molecule has 2 atom stereocenters. The van der Waals surface area contributed by atoms with Gasteiger partial charge in [-0.25, -0.2) is 0 Å². The van der Waals surface area contributed by atoms with Crippen LogP contribution in [0.1, 0.15) is 60.8 Å². The first-order chi connectivity index (χ1) is 15.1. The summed E-state index contributed by atoms with van der Waals surface area (Å²) in [5, 5.41) is 16.9. The van der Waals surface area contributed by atoms with Gasteiger partial charge in [-0.2, -0.15) is 0 Å². The van der Waals surface area contributed by atoms with Crippen LogP contribution in [-0.2, 0) is 0 Å². The number of phenols is 1. The summed E-state index contributed by atoms with van der Waals surface area (Å²) in [7, 11) is 3.19. The van der Waals surface area contributed by atoms with Crippen molar-refractivity contribution in [3.05, 3.63) is 45.8 Å². The van der Waals surface area contributed by atoms with E-state index in [-0.39, 0.29) is 40.6 Å². The van der Waals surface area contributed by atoms with E-state index in [1.54, 1.807) is 32.5 Å². The molecule has 0 aliphatic heterocycles. The lowest BCUT2D eigenvalue weighted by molar-refractivity contribution is 0.0824. The average molecular weight is 524 g/mol. The normalized spacial score (nSPS) is 12.7. The second kappa shape index (κ2) is 9.88. The summed E-state index contributed by atoms with van der Waals surface area (Å²) in [6.45, 7) is 6.16. The Kier molecular flexibility index (Phi) is 7.42. The Hall–Kier alpha value is -2.63. The largest absolute Gasteiger partial charge is 0.546 e. The Morgan fingerprint density at radius 2 is 2.00 bits per heavy atom. The molecule has 172 valence electrons. The monoisotopic (exact) mass is 523 g/mol. The van der Waals surface area contributed by atoms with E-state index in [1.807, 2.05) is 13.0 Å². The molecule has 0 aliphatic rings. The molecule has 1 unspecified atom stereocenters. The Balaban J connectivity index is 1.90. The van der Waals surface area contributed by atoms with Gasteiger partial charge < -0.3 is 29.6 Å². The van der Waals surface area contributed by atoms with Crippen molar-refractivity contribution in [2.75, 3.05) is 24.7 Å². The molecule has 1 amide bonds. The van der Waals surface area contributed by atoms with Crippen molar-refractivity contribution in [1.82, 2.24) is 13.6 Å². The lowest BCUT2D eigenvalue weighted by Crippen LogP contribution is -2.22. The predicted octanol–water partition coefficient (Wildman–Crippen LogP) is 5.40. The molecule has 3 N–H and O–H groups in total. The highest BCUT2D eigenvalue weighted by Gasteiger charge is 2.25. The molecule has 0 spiro atoms. The van der Waals surface area contributed by atoms with Gasteiger partial charge in [-0.3, -0.25) is 4.79 Å². The maximum Gasteiger partial charge on any atom is 0.258 e. The SMILES string of the molecule is CC[C@@H](Nc1n[s+]([O-])nc1Nc1ccc(Br)c(C(=O)N(C)C)c1O)c1cc(C(C)C)co1. The maximum atomic E-state index is 12.5. The Morgan fingerprint density at radius 1 is 1.31 bits per heavy atom. The van der Waals surface area contributed by atoms with Crippen LogP contribution >= 0.6 is 27.1 Å². The van der Waals surface area contributed by atoms with E-state index in [0.29, 0.717) is 16.8 Å². The Bertz CT molecular complexity index is 1110. The molecule has 32 heavy (non-hydrogen) atoms. The number of nitrogens with one attached hydrogen (secondary N) is 2. The molecule has 9 nitrogen and oxygen atoms in total. The van der Waals surface area contributed by atoms with Crippen LogP contribution < -0.4 is 10.6 Å². The van der Waals surface area contributed by atoms with Gasteiger partial charge in [0.1, 0.15) is 5.76 Å². The minimum Gasteiger partial charge on any atom is -0.546 e. The summed E-state index contributed by atoms with van der Waals surface area (Å²) in [6.07, 6.45) is 2.42. The maximum absolute atomic E-state index is 12.5. The summed E-state index contributed by atoms with van der Waals surface area (Å²) in [5.74, 6) is 0.920. The summed E-state index contributed by atoms with van der Waals surface area (Å²) in [6, 6.07) is 5.00. The van der Waals surface area contributed by atoms with Crippen molar-refractivity contribution in [2.24, 2.45) is 0 Å². The fraction of sp³-hybridized carbons (Fsp3) is 0.381. The zero-order chi connectivity index (χ0) is 23.6. The van der Waals surface area contributed by atoms with E-state index in [1.165, 1.54) is 4.90 Å². The molecular formula is C21H26BrN5O4S. The zero-order valence-corrected chi connectivity index (χ0v) is 20.9. The number of hydrogen-bond acceptors (Lipinski definition) is 8. The highest BCUT2D eigenvalue weighted by molar-refractivity contribution is 9.10. The van der Waals surface area contributed by atoms with Crippen LogP contribution in [0.15, 0.2) is 33.4 Å². The standard InChI is InChI=1S/C21H26BrN5O4S/c1-6-14(16-9-12(10-31-16)11(2)3)23-19-20(26-32(30)25-19)24-15-8-7-13(22)17(18(15)28)21(29)27(4)5/h7-11,14,28H,6H2,1-5H3,(H,23,25)(H,24,26)/t14-,32?/m1/s1. The first-order valence-electron chi connectivity index (χ1n) is 10.1.